The molecule has 1 N–H and O–H groups in total. The summed E-state index contributed by atoms with van der Waals surface area (Å²) >= 11 is 0. The van der Waals surface area contributed by atoms with Crippen LogP contribution in [0.4, 0.5) is 10.6 Å². The molecule has 3 aromatic heterocycles. The highest BCUT2D eigenvalue weighted by molar-refractivity contribution is 7.28. The van der Waals surface area contributed by atoms with E-state index in [0.29, 0.717) is 11.5 Å². The molecule has 156 valence electrons. The maximum absolute atomic E-state index is 12.6. The smallest absolute Gasteiger partial charge is 0.416 e. The number of anilines is 1. The summed E-state index contributed by atoms with van der Waals surface area (Å²) in [6, 6.07) is 5.40. The minimum Gasteiger partial charge on any atom is -0.447 e. The molecule has 0 bridgehead atoms. The third kappa shape index (κ3) is 3.98. The van der Waals surface area contributed by atoms with Gasteiger partial charge >= 0.3 is 6.09 Å². The number of hydrogen-bond acceptors (Lipinski definition) is 6. The van der Waals surface area contributed by atoms with E-state index < -0.39 is 6.09 Å². The first-order valence-electron chi connectivity index (χ1n) is 9.78. The van der Waals surface area contributed by atoms with Crippen LogP contribution in [-0.2, 0) is 16.0 Å². The molecule has 2 amide bonds. The fourth-order valence-corrected chi connectivity index (χ4v) is 3.92. The molecule has 0 aromatic carbocycles. The number of aryl methyl sites for hydroxylation is 1. The number of carbonyl (C=O) groups is 2. The third-order valence-corrected chi connectivity index (χ3v) is 5.60. The van der Waals surface area contributed by atoms with Gasteiger partial charge in [0, 0.05) is 35.0 Å². The van der Waals surface area contributed by atoms with Crippen molar-refractivity contribution in [1.29, 1.82) is 0 Å². The van der Waals surface area contributed by atoms with Crippen LogP contribution < -0.4 is 15.5 Å². The lowest BCUT2D eigenvalue weighted by molar-refractivity contribution is -0.110. The second-order valence-corrected chi connectivity index (χ2v) is 7.86. The van der Waals surface area contributed by atoms with E-state index in [2.05, 4.69) is 29.6 Å². The Morgan fingerprint density at radius 1 is 1.43 bits per heavy atom. The Morgan fingerprint density at radius 3 is 3.13 bits per heavy atom. The largest absolute Gasteiger partial charge is 0.447 e. The molecule has 0 saturated carbocycles. The summed E-state index contributed by atoms with van der Waals surface area (Å²) in [5, 5.41) is 7.83. The summed E-state index contributed by atoms with van der Waals surface area (Å²) in [5.74, 6) is 0.512. The number of nitrogens with zero attached hydrogens (tertiary/aromatic N) is 5. The minimum absolute atomic E-state index is 0.107. The van der Waals surface area contributed by atoms with Crippen molar-refractivity contribution in [3.8, 4) is 0 Å². The first-order chi connectivity index (χ1) is 14.6. The highest BCUT2D eigenvalue weighted by Gasteiger charge is 2.37. The number of carbonyl (C=O) groups excluding carboxylic acids is 2. The van der Waals surface area contributed by atoms with E-state index in [4.69, 9.17) is 4.74 Å². The number of pyridine rings is 1. The molecule has 10 heteroatoms. The standard InChI is InChI=1S/C20H23N6O3P/c1-13(22-12-27)4-2-6-15-14(5-3-8-21-15)16-11-29-20(28)26(16)18-7-9-25-19(24-18)17(30)10-23-25/h3,5,7-10,12-13,16H,2,4,6,11,30H2,1H3,(H,22,27)/t13-,16?/m1/s1. The molecule has 0 spiro atoms. The molecule has 1 aliphatic rings. The van der Waals surface area contributed by atoms with Crippen LogP contribution in [0.15, 0.2) is 36.8 Å². The second kappa shape index (κ2) is 8.75. The number of fused-ring (bicyclic) bond motifs is 1. The zero-order chi connectivity index (χ0) is 21.1. The Morgan fingerprint density at radius 2 is 2.30 bits per heavy atom. The van der Waals surface area contributed by atoms with Gasteiger partial charge in [0.05, 0.1) is 6.20 Å². The molecule has 3 atom stereocenters. The molecule has 0 radical (unpaired) electrons. The van der Waals surface area contributed by atoms with Gasteiger partial charge in [0.25, 0.3) is 0 Å². The van der Waals surface area contributed by atoms with Crippen LogP contribution in [-0.4, -0.2) is 44.7 Å². The molecule has 1 aliphatic heterocycles. The number of ether oxygens (including phenoxy) is 1. The number of nitrogens with one attached hydrogen (secondary N) is 1. The van der Waals surface area contributed by atoms with Crippen molar-refractivity contribution >= 4 is 38.5 Å². The first-order valence-corrected chi connectivity index (χ1v) is 10.4. The van der Waals surface area contributed by atoms with Gasteiger partial charge in [0.2, 0.25) is 6.41 Å². The van der Waals surface area contributed by atoms with Crippen molar-refractivity contribution in [3.63, 3.8) is 0 Å². The lowest BCUT2D eigenvalue weighted by atomic mass is 10.00. The number of amides is 2. The van der Waals surface area contributed by atoms with Crippen LogP contribution in [0.25, 0.3) is 5.65 Å². The van der Waals surface area contributed by atoms with Gasteiger partial charge in [-0.05, 0) is 38.3 Å². The number of rotatable bonds is 8. The normalized spacial score (nSPS) is 17.2. The van der Waals surface area contributed by atoms with Gasteiger partial charge in [-0.2, -0.15) is 5.10 Å². The average Bonchev–Trinajstić information content (AvgIpc) is 3.31. The van der Waals surface area contributed by atoms with Gasteiger partial charge in [-0.15, -0.1) is 0 Å². The number of hydrogen-bond donors (Lipinski definition) is 1. The first kappa shape index (κ1) is 20.2. The highest BCUT2D eigenvalue weighted by Crippen LogP contribution is 2.33. The molecular weight excluding hydrogens is 403 g/mol. The Balaban J connectivity index is 1.60. The van der Waals surface area contributed by atoms with Crippen LogP contribution in [0.3, 0.4) is 0 Å². The number of aromatic nitrogens is 4. The quantitative estimate of drug-likeness (QED) is 0.435. The van der Waals surface area contributed by atoms with Crippen LogP contribution in [0.2, 0.25) is 0 Å². The molecule has 30 heavy (non-hydrogen) atoms. The highest BCUT2D eigenvalue weighted by atomic mass is 31.0. The van der Waals surface area contributed by atoms with Crippen molar-refractivity contribution in [2.24, 2.45) is 0 Å². The van der Waals surface area contributed by atoms with Crippen LogP contribution in [0.1, 0.15) is 37.1 Å². The monoisotopic (exact) mass is 426 g/mol. The predicted molar refractivity (Wildman–Crippen MR) is 115 cm³/mol. The second-order valence-electron chi connectivity index (χ2n) is 7.23. The molecule has 1 fully saturated rings. The molecule has 9 nitrogen and oxygen atoms in total. The van der Waals surface area contributed by atoms with Crippen LogP contribution in [0, 0.1) is 0 Å². The topological polar surface area (TPSA) is 102 Å². The average molecular weight is 426 g/mol. The molecule has 0 aliphatic carbocycles. The van der Waals surface area contributed by atoms with E-state index in [0.717, 1.165) is 42.2 Å². The van der Waals surface area contributed by atoms with E-state index in [1.54, 1.807) is 34.1 Å². The van der Waals surface area contributed by atoms with Gasteiger partial charge in [0.15, 0.2) is 5.65 Å². The Hall–Kier alpha value is -3.06. The fourth-order valence-electron chi connectivity index (χ4n) is 3.65. The zero-order valence-electron chi connectivity index (χ0n) is 16.6. The van der Waals surface area contributed by atoms with Gasteiger partial charge in [-0.3, -0.25) is 14.7 Å². The van der Waals surface area contributed by atoms with Gasteiger partial charge in [-0.1, -0.05) is 15.3 Å². The molecule has 2 unspecified atom stereocenters. The molecule has 1 saturated heterocycles. The van der Waals surface area contributed by atoms with E-state index in [1.165, 1.54) is 0 Å². The summed E-state index contributed by atoms with van der Waals surface area (Å²) < 4.78 is 7.04. The third-order valence-electron chi connectivity index (χ3n) is 5.19. The van der Waals surface area contributed by atoms with Crippen molar-refractivity contribution in [1.82, 2.24) is 24.9 Å². The summed E-state index contributed by atoms with van der Waals surface area (Å²) in [7, 11) is 2.60. The molecule has 4 rings (SSSR count). The zero-order valence-corrected chi connectivity index (χ0v) is 17.7. The maximum atomic E-state index is 12.6. The van der Waals surface area contributed by atoms with Crippen molar-refractivity contribution in [3.05, 3.63) is 48.0 Å². The van der Waals surface area contributed by atoms with E-state index in [1.807, 2.05) is 19.1 Å². The van der Waals surface area contributed by atoms with Gasteiger partial charge < -0.3 is 10.1 Å². The SMILES string of the molecule is C[C@H](CCCc1ncccc1C1COC(=O)N1c1ccn2ncc(P)c2n1)NC=O. The molecule has 3 aromatic rings. The van der Waals surface area contributed by atoms with Gasteiger partial charge in [0.1, 0.15) is 18.5 Å². The maximum Gasteiger partial charge on any atom is 0.416 e. The Bertz CT molecular complexity index is 1070. The lowest BCUT2D eigenvalue weighted by Crippen LogP contribution is -2.29. The van der Waals surface area contributed by atoms with Crippen LogP contribution >= 0.6 is 9.24 Å². The van der Waals surface area contributed by atoms with Crippen LogP contribution in [0.5, 0.6) is 0 Å². The fraction of sp³-hybridized carbons (Fsp3) is 0.350. The number of cyclic esters (lactones) is 1. The summed E-state index contributed by atoms with van der Waals surface area (Å²) in [6.07, 6.45) is 7.98. The lowest BCUT2D eigenvalue weighted by Gasteiger charge is -2.22. The summed E-state index contributed by atoms with van der Waals surface area (Å²) in [6.45, 7) is 2.21. The van der Waals surface area contributed by atoms with Crippen molar-refractivity contribution in [2.45, 2.75) is 38.3 Å². The molecule has 4 heterocycles. The van der Waals surface area contributed by atoms with Crippen molar-refractivity contribution < 1.29 is 14.3 Å². The van der Waals surface area contributed by atoms with Crippen molar-refractivity contribution in [2.75, 3.05) is 11.5 Å². The van der Waals surface area contributed by atoms with E-state index in [-0.39, 0.29) is 18.7 Å². The summed E-state index contributed by atoms with van der Waals surface area (Å²) in [5.41, 5.74) is 2.53. The summed E-state index contributed by atoms with van der Waals surface area (Å²) in [4.78, 5) is 33.9. The Kier molecular flexibility index (Phi) is 5.90. The van der Waals surface area contributed by atoms with Gasteiger partial charge in [-0.25, -0.2) is 14.3 Å². The predicted octanol–water partition coefficient (Wildman–Crippen LogP) is 1.78. The van der Waals surface area contributed by atoms with E-state index in [9.17, 15) is 9.59 Å². The minimum atomic E-state index is -0.430. The Labute approximate surface area is 176 Å². The van der Waals surface area contributed by atoms with E-state index >= 15 is 0 Å². The molecular formula is C20H23N6O3P.